The predicted octanol–water partition coefficient (Wildman–Crippen LogP) is 3.68. The SMILES string of the molecule is Cc1cccc(OCCCC(=O)Nc2cc(N)ccc2C)c1. The number of hydrogen-bond donors (Lipinski definition) is 2. The van der Waals surface area contributed by atoms with Gasteiger partial charge >= 0.3 is 0 Å². The van der Waals surface area contributed by atoms with Gasteiger partial charge in [-0.2, -0.15) is 0 Å². The van der Waals surface area contributed by atoms with Crippen LogP contribution in [0.4, 0.5) is 11.4 Å². The summed E-state index contributed by atoms with van der Waals surface area (Å²) < 4.78 is 5.63. The molecule has 0 atom stereocenters. The van der Waals surface area contributed by atoms with Crippen LogP contribution in [0.15, 0.2) is 42.5 Å². The number of nitrogens with one attached hydrogen (secondary N) is 1. The smallest absolute Gasteiger partial charge is 0.224 e. The lowest BCUT2D eigenvalue weighted by Gasteiger charge is -2.10. The second kappa shape index (κ2) is 7.50. The maximum atomic E-state index is 11.9. The number of aryl methyl sites for hydroxylation is 2. The van der Waals surface area contributed by atoms with E-state index in [9.17, 15) is 4.79 Å². The zero-order valence-corrected chi connectivity index (χ0v) is 13.1. The molecule has 4 nitrogen and oxygen atoms in total. The van der Waals surface area contributed by atoms with Crippen LogP contribution in [0.25, 0.3) is 0 Å². The number of amides is 1. The predicted molar refractivity (Wildman–Crippen MR) is 90.1 cm³/mol. The number of nitrogen functional groups attached to an aromatic ring is 1. The first-order valence-electron chi connectivity index (χ1n) is 7.40. The number of hydrogen-bond acceptors (Lipinski definition) is 3. The molecule has 0 aliphatic carbocycles. The van der Waals surface area contributed by atoms with Crippen molar-refractivity contribution in [2.24, 2.45) is 0 Å². The summed E-state index contributed by atoms with van der Waals surface area (Å²) in [5.41, 5.74) is 9.30. The van der Waals surface area contributed by atoms with Crippen molar-refractivity contribution in [2.75, 3.05) is 17.7 Å². The molecule has 1 amide bonds. The van der Waals surface area contributed by atoms with Gasteiger partial charge in [0.1, 0.15) is 5.75 Å². The number of carbonyl (C=O) groups is 1. The van der Waals surface area contributed by atoms with Crippen LogP contribution >= 0.6 is 0 Å². The lowest BCUT2D eigenvalue weighted by Crippen LogP contribution is -2.13. The van der Waals surface area contributed by atoms with Crippen LogP contribution in [-0.2, 0) is 4.79 Å². The minimum atomic E-state index is -0.0263. The van der Waals surface area contributed by atoms with E-state index in [1.807, 2.05) is 50.2 Å². The summed E-state index contributed by atoms with van der Waals surface area (Å²) in [6, 6.07) is 13.4. The van der Waals surface area contributed by atoms with E-state index < -0.39 is 0 Å². The van der Waals surface area contributed by atoms with Gasteiger partial charge in [-0.1, -0.05) is 18.2 Å². The third-order valence-corrected chi connectivity index (χ3v) is 3.34. The topological polar surface area (TPSA) is 64.3 Å². The highest BCUT2D eigenvalue weighted by Crippen LogP contribution is 2.18. The average Bonchev–Trinajstić information content (AvgIpc) is 2.48. The van der Waals surface area contributed by atoms with E-state index in [0.29, 0.717) is 25.1 Å². The highest BCUT2D eigenvalue weighted by molar-refractivity contribution is 5.91. The van der Waals surface area contributed by atoms with Crippen LogP contribution in [0.2, 0.25) is 0 Å². The van der Waals surface area contributed by atoms with Gasteiger partial charge in [0.05, 0.1) is 6.61 Å². The second-order valence-corrected chi connectivity index (χ2v) is 5.39. The molecule has 0 saturated carbocycles. The lowest BCUT2D eigenvalue weighted by atomic mass is 10.1. The average molecular weight is 298 g/mol. The molecule has 0 aliphatic heterocycles. The maximum absolute atomic E-state index is 11.9. The van der Waals surface area contributed by atoms with Crippen LogP contribution in [0.1, 0.15) is 24.0 Å². The van der Waals surface area contributed by atoms with Gasteiger partial charge in [-0.05, 0) is 55.7 Å². The zero-order chi connectivity index (χ0) is 15.9. The summed E-state index contributed by atoms with van der Waals surface area (Å²) in [6.07, 6.45) is 1.08. The van der Waals surface area contributed by atoms with Crippen LogP contribution in [0.3, 0.4) is 0 Å². The lowest BCUT2D eigenvalue weighted by molar-refractivity contribution is -0.116. The van der Waals surface area contributed by atoms with E-state index in [1.54, 1.807) is 6.07 Å². The van der Waals surface area contributed by atoms with E-state index in [1.165, 1.54) is 0 Å². The second-order valence-electron chi connectivity index (χ2n) is 5.39. The molecular formula is C18H22N2O2. The van der Waals surface area contributed by atoms with E-state index in [2.05, 4.69) is 5.32 Å². The van der Waals surface area contributed by atoms with Crippen LogP contribution in [0.5, 0.6) is 5.75 Å². The first-order chi connectivity index (χ1) is 10.5. The molecule has 0 heterocycles. The van der Waals surface area contributed by atoms with Crippen molar-refractivity contribution in [1.82, 2.24) is 0 Å². The fraction of sp³-hybridized carbons (Fsp3) is 0.278. The number of anilines is 2. The number of carbonyl (C=O) groups excluding carboxylic acids is 1. The molecule has 0 radical (unpaired) electrons. The summed E-state index contributed by atoms with van der Waals surface area (Å²) >= 11 is 0. The molecular weight excluding hydrogens is 276 g/mol. The summed E-state index contributed by atoms with van der Waals surface area (Å²) in [6.45, 7) is 4.48. The molecule has 0 aliphatic rings. The van der Waals surface area contributed by atoms with Gasteiger partial charge in [-0.15, -0.1) is 0 Å². The molecule has 0 aromatic heterocycles. The van der Waals surface area contributed by atoms with Crippen molar-refractivity contribution in [2.45, 2.75) is 26.7 Å². The van der Waals surface area contributed by atoms with Gasteiger partial charge in [0.2, 0.25) is 5.91 Å². The number of rotatable bonds is 6. The normalized spacial score (nSPS) is 10.3. The third-order valence-electron chi connectivity index (χ3n) is 3.34. The number of benzene rings is 2. The summed E-state index contributed by atoms with van der Waals surface area (Å²) in [4.78, 5) is 11.9. The Labute approximate surface area is 131 Å². The largest absolute Gasteiger partial charge is 0.494 e. The highest BCUT2D eigenvalue weighted by Gasteiger charge is 2.05. The monoisotopic (exact) mass is 298 g/mol. The Bertz CT molecular complexity index is 653. The number of ether oxygens (including phenoxy) is 1. The molecule has 0 fully saturated rings. The first kappa shape index (κ1) is 15.9. The molecule has 0 bridgehead atoms. The van der Waals surface area contributed by atoms with Gasteiger partial charge in [-0.3, -0.25) is 4.79 Å². The Morgan fingerprint density at radius 2 is 2.00 bits per heavy atom. The number of nitrogens with two attached hydrogens (primary N) is 1. The molecule has 2 rings (SSSR count). The molecule has 2 aromatic rings. The van der Waals surface area contributed by atoms with Crippen molar-refractivity contribution in [3.8, 4) is 5.75 Å². The van der Waals surface area contributed by atoms with Gasteiger partial charge in [0, 0.05) is 17.8 Å². The zero-order valence-electron chi connectivity index (χ0n) is 13.1. The highest BCUT2D eigenvalue weighted by atomic mass is 16.5. The van der Waals surface area contributed by atoms with Gasteiger partial charge < -0.3 is 15.8 Å². The Kier molecular flexibility index (Phi) is 5.42. The Morgan fingerprint density at radius 1 is 1.18 bits per heavy atom. The van der Waals surface area contributed by atoms with Gasteiger partial charge in [0.15, 0.2) is 0 Å². The Hall–Kier alpha value is -2.49. The van der Waals surface area contributed by atoms with Crippen molar-refractivity contribution < 1.29 is 9.53 Å². The van der Waals surface area contributed by atoms with Crippen LogP contribution in [0, 0.1) is 13.8 Å². The quantitative estimate of drug-likeness (QED) is 0.631. The minimum Gasteiger partial charge on any atom is -0.494 e. The van der Waals surface area contributed by atoms with E-state index >= 15 is 0 Å². The maximum Gasteiger partial charge on any atom is 0.224 e. The molecule has 4 heteroatoms. The van der Waals surface area contributed by atoms with E-state index in [0.717, 1.165) is 22.6 Å². The fourth-order valence-electron chi connectivity index (χ4n) is 2.11. The van der Waals surface area contributed by atoms with E-state index in [4.69, 9.17) is 10.5 Å². The molecule has 116 valence electrons. The van der Waals surface area contributed by atoms with Crippen LogP contribution < -0.4 is 15.8 Å². The van der Waals surface area contributed by atoms with Crippen molar-refractivity contribution in [3.05, 3.63) is 53.6 Å². The summed E-state index contributed by atoms with van der Waals surface area (Å²) in [5, 5.41) is 2.88. The van der Waals surface area contributed by atoms with Crippen molar-refractivity contribution in [1.29, 1.82) is 0 Å². The van der Waals surface area contributed by atoms with Crippen LogP contribution in [-0.4, -0.2) is 12.5 Å². The summed E-state index contributed by atoms with van der Waals surface area (Å²) in [7, 11) is 0. The first-order valence-corrected chi connectivity index (χ1v) is 7.40. The Balaban J connectivity index is 1.75. The molecule has 2 aromatic carbocycles. The van der Waals surface area contributed by atoms with Gasteiger partial charge in [-0.25, -0.2) is 0 Å². The van der Waals surface area contributed by atoms with E-state index in [-0.39, 0.29) is 5.91 Å². The third kappa shape index (κ3) is 4.81. The minimum absolute atomic E-state index is 0.0263. The molecule has 0 spiro atoms. The molecule has 0 unspecified atom stereocenters. The fourth-order valence-corrected chi connectivity index (χ4v) is 2.11. The molecule has 22 heavy (non-hydrogen) atoms. The Morgan fingerprint density at radius 3 is 2.77 bits per heavy atom. The molecule has 0 saturated heterocycles. The van der Waals surface area contributed by atoms with Crippen molar-refractivity contribution >= 4 is 17.3 Å². The summed E-state index contributed by atoms with van der Waals surface area (Å²) in [5.74, 6) is 0.814. The van der Waals surface area contributed by atoms with Gasteiger partial charge in [0.25, 0.3) is 0 Å². The standard InChI is InChI=1S/C18H22N2O2/c1-13-5-3-6-16(11-13)22-10-4-7-18(21)20-17-12-15(19)9-8-14(17)2/h3,5-6,8-9,11-12H,4,7,10,19H2,1-2H3,(H,20,21). The van der Waals surface area contributed by atoms with Crippen molar-refractivity contribution in [3.63, 3.8) is 0 Å². The molecule has 3 N–H and O–H groups in total.